The molecule has 0 radical (unpaired) electrons. The minimum Gasteiger partial charge on any atom is -0.465 e. The fourth-order valence-electron chi connectivity index (χ4n) is 1.23. The molecule has 108 valence electrons. The summed E-state index contributed by atoms with van der Waals surface area (Å²) in [5.41, 5.74) is -0.351. The maximum atomic E-state index is 11.3. The summed E-state index contributed by atoms with van der Waals surface area (Å²) in [7, 11) is 1.18. The average molecular weight is 300 g/mol. The molecule has 0 bridgehead atoms. The predicted octanol–water partition coefficient (Wildman–Crippen LogP) is 1.43. The Bertz CT molecular complexity index is 534. The largest absolute Gasteiger partial charge is 0.465 e. The predicted molar refractivity (Wildman–Crippen MR) is 69.6 cm³/mol. The van der Waals surface area contributed by atoms with Crippen LogP contribution in [0.5, 0.6) is 0 Å². The van der Waals surface area contributed by atoms with Crippen molar-refractivity contribution < 1.29 is 24.0 Å². The molecule has 0 saturated carbocycles. The number of thioether (sulfide) groups is 1. The van der Waals surface area contributed by atoms with Crippen LogP contribution in [0.25, 0.3) is 0 Å². The normalized spacial score (nSPS) is 9.90. The van der Waals surface area contributed by atoms with E-state index in [2.05, 4.69) is 9.72 Å². The van der Waals surface area contributed by atoms with Crippen LogP contribution in [0.1, 0.15) is 17.4 Å². The van der Waals surface area contributed by atoms with Gasteiger partial charge in [0.1, 0.15) is 5.69 Å². The van der Waals surface area contributed by atoms with E-state index in [-0.39, 0.29) is 28.8 Å². The fourth-order valence-corrected chi connectivity index (χ4v) is 2.02. The van der Waals surface area contributed by atoms with Crippen LogP contribution >= 0.6 is 11.8 Å². The van der Waals surface area contributed by atoms with Gasteiger partial charge < -0.3 is 9.47 Å². The molecule has 8 nitrogen and oxygen atoms in total. The minimum atomic E-state index is -0.710. The summed E-state index contributed by atoms with van der Waals surface area (Å²) in [6.07, 6.45) is 0. The van der Waals surface area contributed by atoms with Gasteiger partial charge in [0.15, 0.2) is 5.03 Å². The average Bonchev–Trinajstić information content (AvgIpc) is 2.44. The number of hydrogen-bond donors (Lipinski definition) is 0. The van der Waals surface area contributed by atoms with Gasteiger partial charge in [-0.3, -0.25) is 14.9 Å². The first-order valence-electron chi connectivity index (χ1n) is 5.51. The van der Waals surface area contributed by atoms with Crippen LogP contribution in [0.2, 0.25) is 0 Å². The van der Waals surface area contributed by atoms with E-state index >= 15 is 0 Å². The van der Waals surface area contributed by atoms with Crippen LogP contribution in [-0.2, 0) is 14.3 Å². The number of carbonyl (C=O) groups excluding carboxylic acids is 2. The summed E-state index contributed by atoms with van der Waals surface area (Å²) < 4.78 is 9.20. The van der Waals surface area contributed by atoms with Gasteiger partial charge in [-0.15, -0.1) is 0 Å². The lowest BCUT2D eigenvalue weighted by Gasteiger charge is -2.04. The second-order valence-corrected chi connectivity index (χ2v) is 4.33. The molecule has 0 fully saturated rings. The molecule has 0 spiro atoms. The van der Waals surface area contributed by atoms with Gasteiger partial charge in [0.05, 0.1) is 24.4 Å². The van der Waals surface area contributed by atoms with Crippen molar-refractivity contribution >= 4 is 29.4 Å². The van der Waals surface area contributed by atoms with Crippen molar-refractivity contribution in [3.63, 3.8) is 0 Å². The van der Waals surface area contributed by atoms with Gasteiger partial charge in [-0.25, -0.2) is 9.78 Å². The number of nitro groups is 1. The molecule has 0 aliphatic carbocycles. The van der Waals surface area contributed by atoms with Crippen molar-refractivity contribution in [2.45, 2.75) is 11.9 Å². The molecule has 0 saturated heterocycles. The van der Waals surface area contributed by atoms with E-state index in [4.69, 9.17) is 4.74 Å². The Morgan fingerprint density at radius 3 is 2.70 bits per heavy atom. The SMILES string of the molecule is CCOC(=O)CSc1nc(C(=O)OC)ccc1[N+](=O)[O-]. The number of ether oxygens (including phenoxy) is 2. The molecule has 0 unspecified atom stereocenters. The summed E-state index contributed by atoms with van der Waals surface area (Å²) in [6, 6.07) is 2.34. The highest BCUT2D eigenvalue weighted by Crippen LogP contribution is 2.27. The molecule has 1 aromatic rings. The third-order valence-electron chi connectivity index (χ3n) is 2.06. The molecule has 9 heteroatoms. The van der Waals surface area contributed by atoms with Crippen molar-refractivity contribution in [3.05, 3.63) is 27.9 Å². The molecular weight excluding hydrogens is 288 g/mol. The number of rotatable bonds is 6. The summed E-state index contributed by atoms with van der Waals surface area (Å²) >= 11 is 0.830. The maximum absolute atomic E-state index is 11.3. The fraction of sp³-hybridized carbons (Fsp3) is 0.364. The molecule has 0 N–H and O–H groups in total. The molecule has 0 amide bonds. The number of pyridine rings is 1. The van der Waals surface area contributed by atoms with Gasteiger partial charge in [0, 0.05) is 6.07 Å². The van der Waals surface area contributed by atoms with Gasteiger partial charge in [-0.2, -0.15) is 0 Å². The lowest BCUT2D eigenvalue weighted by atomic mass is 10.3. The van der Waals surface area contributed by atoms with Gasteiger partial charge >= 0.3 is 17.6 Å². The molecule has 0 atom stereocenters. The number of esters is 2. The Morgan fingerprint density at radius 2 is 2.15 bits per heavy atom. The molecule has 0 aliphatic rings. The highest BCUT2D eigenvalue weighted by molar-refractivity contribution is 8.00. The highest BCUT2D eigenvalue weighted by Gasteiger charge is 2.20. The van der Waals surface area contributed by atoms with E-state index in [1.54, 1.807) is 6.92 Å². The van der Waals surface area contributed by atoms with E-state index in [1.165, 1.54) is 13.2 Å². The lowest BCUT2D eigenvalue weighted by Crippen LogP contribution is -2.09. The van der Waals surface area contributed by atoms with Crippen molar-refractivity contribution in [2.24, 2.45) is 0 Å². The number of methoxy groups -OCH3 is 1. The van der Waals surface area contributed by atoms with Crippen LogP contribution in [0.3, 0.4) is 0 Å². The molecule has 20 heavy (non-hydrogen) atoms. The molecule has 1 heterocycles. The molecule has 0 aromatic carbocycles. The van der Waals surface area contributed by atoms with E-state index in [9.17, 15) is 19.7 Å². The zero-order valence-corrected chi connectivity index (χ0v) is 11.6. The van der Waals surface area contributed by atoms with Crippen molar-refractivity contribution in [3.8, 4) is 0 Å². The van der Waals surface area contributed by atoms with Crippen LogP contribution in [0.15, 0.2) is 17.2 Å². The first kappa shape index (κ1) is 15.9. The molecule has 1 rings (SSSR count). The van der Waals surface area contributed by atoms with Crippen LogP contribution < -0.4 is 0 Å². The summed E-state index contributed by atoms with van der Waals surface area (Å²) in [6.45, 7) is 1.87. The van der Waals surface area contributed by atoms with Crippen LogP contribution in [0, 0.1) is 10.1 Å². The smallest absolute Gasteiger partial charge is 0.356 e. The maximum Gasteiger partial charge on any atom is 0.356 e. The molecule has 1 aromatic heterocycles. The van der Waals surface area contributed by atoms with Gasteiger partial charge in [0.2, 0.25) is 0 Å². The Morgan fingerprint density at radius 1 is 1.45 bits per heavy atom. The van der Waals surface area contributed by atoms with Crippen molar-refractivity contribution in [2.75, 3.05) is 19.5 Å². The zero-order chi connectivity index (χ0) is 15.1. The van der Waals surface area contributed by atoms with E-state index in [0.717, 1.165) is 17.8 Å². The minimum absolute atomic E-state index is 0.0362. The third-order valence-corrected chi connectivity index (χ3v) is 3.02. The van der Waals surface area contributed by atoms with E-state index in [0.29, 0.717) is 0 Å². The second kappa shape index (κ2) is 7.43. The topological polar surface area (TPSA) is 109 Å². The van der Waals surface area contributed by atoms with Crippen LogP contribution in [-0.4, -0.2) is 41.3 Å². The lowest BCUT2D eigenvalue weighted by molar-refractivity contribution is -0.388. The first-order chi connectivity index (χ1) is 9.49. The summed E-state index contributed by atoms with van der Waals surface area (Å²) in [5.74, 6) is -1.36. The number of hydrogen-bond acceptors (Lipinski definition) is 8. The van der Waals surface area contributed by atoms with Gasteiger partial charge in [0.25, 0.3) is 0 Å². The standard InChI is InChI=1S/C11H12N2O6S/c1-3-19-9(14)6-20-10-8(13(16)17)5-4-7(12-10)11(15)18-2/h4-5H,3,6H2,1-2H3. The quantitative estimate of drug-likeness (QED) is 0.336. The van der Waals surface area contributed by atoms with Gasteiger partial charge in [-0.1, -0.05) is 11.8 Å². The van der Waals surface area contributed by atoms with E-state index < -0.39 is 16.9 Å². The number of nitrogens with zero attached hydrogens (tertiary/aromatic N) is 2. The Labute approximate surface area is 118 Å². The molecule has 0 aliphatic heterocycles. The Balaban J connectivity index is 2.97. The highest BCUT2D eigenvalue weighted by atomic mass is 32.2. The van der Waals surface area contributed by atoms with Crippen molar-refractivity contribution in [1.29, 1.82) is 0 Å². The summed E-state index contributed by atoms with van der Waals surface area (Å²) in [5, 5.41) is 10.8. The van der Waals surface area contributed by atoms with E-state index in [1.807, 2.05) is 0 Å². The number of aromatic nitrogens is 1. The third kappa shape index (κ3) is 4.19. The van der Waals surface area contributed by atoms with Crippen molar-refractivity contribution in [1.82, 2.24) is 4.98 Å². The molecular formula is C11H12N2O6S. The number of carbonyl (C=O) groups is 2. The second-order valence-electron chi connectivity index (χ2n) is 3.36. The van der Waals surface area contributed by atoms with Gasteiger partial charge in [-0.05, 0) is 13.0 Å². The Kier molecular flexibility index (Phi) is 5.91. The first-order valence-corrected chi connectivity index (χ1v) is 6.50. The van der Waals surface area contributed by atoms with Crippen LogP contribution in [0.4, 0.5) is 5.69 Å². The zero-order valence-electron chi connectivity index (χ0n) is 10.8. The monoisotopic (exact) mass is 300 g/mol. The Hall–Kier alpha value is -2.16. The summed E-state index contributed by atoms with van der Waals surface area (Å²) in [4.78, 5) is 36.6.